The number of nitrogens with zero attached hydrogens (tertiary/aromatic N) is 2. The normalized spacial score (nSPS) is 18.2. The molecule has 0 aliphatic carbocycles. The predicted octanol–water partition coefficient (Wildman–Crippen LogP) is 1.47. The van der Waals surface area contributed by atoms with Crippen LogP contribution >= 0.6 is 0 Å². The van der Waals surface area contributed by atoms with Gasteiger partial charge in [-0.25, -0.2) is 0 Å². The third-order valence-electron chi connectivity index (χ3n) is 4.38. The van der Waals surface area contributed by atoms with Crippen LogP contribution in [0.1, 0.15) is 19.8 Å². The summed E-state index contributed by atoms with van der Waals surface area (Å²) in [6, 6.07) is 5.96. The number of hydrogen-bond acceptors (Lipinski definition) is 5. The lowest BCUT2D eigenvalue weighted by molar-refractivity contribution is 0.273. The highest BCUT2D eigenvalue weighted by Gasteiger charge is 2.22. The van der Waals surface area contributed by atoms with Gasteiger partial charge in [0.1, 0.15) is 23.9 Å². The van der Waals surface area contributed by atoms with Crippen LogP contribution in [0.4, 0.5) is 0 Å². The molecule has 1 unspecified atom stereocenters. The van der Waals surface area contributed by atoms with Gasteiger partial charge in [-0.05, 0) is 25.9 Å². The quantitative estimate of drug-likeness (QED) is 0.399. The Morgan fingerprint density at radius 2 is 1.92 bits per heavy atom. The summed E-state index contributed by atoms with van der Waals surface area (Å²) in [4.78, 5) is 6.90. The maximum absolute atomic E-state index is 5.93. The number of rotatable bonds is 9. The van der Waals surface area contributed by atoms with Gasteiger partial charge in [0.25, 0.3) is 0 Å². The van der Waals surface area contributed by atoms with E-state index >= 15 is 0 Å². The summed E-state index contributed by atoms with van der Waals surface area (Å²) in [5.41, 5.74) is 5.93. The summed E-state index contributed by atoms with van der Waals surface area (Å²) in [5, 5.41) is 3.09. The van der Waals surface area contributed by atoms with Gasteiger partial charge in [0.15, 0.2) is 5.96 Å². The van der Waals surface area contributed by atoms with Crippen molar-refractivity contribution in [2.75, 3.05) is 47.0 Å². The number of ether oxygens (including phenoxy) is 3. The Labute approximate surface area is 150 Å². The summed E-state index contributed by atoms with van der Waals surface area (Å²) < 4.78 is 16.2. The van der Waals surface area contributed by atoms with Crippen molar-refractivity contribution < 1.29 is 14.2 Å². The van der Waals surface area contributed by atoms with Crippen LogP contribution in [-0.4, -0.2) is 63.9 Å². The molecule has 7 nitrogen and oxygen atoms in total. The van der Waals surface area contributed by atoms with E-state index in [2.05, 4.69) is 22.1 Å². The monoisotopic (exact) mass is 350 g/mol. The van der Waals surface area contributed by atoms with Gasteiger partial charge < -0.3 is 25.3 Å². The molecule has 1 saturated heterocycles. The highest BCUT2D eigenvalue weighted by atomic mass is 16.5. The molecule has 7 heteroatoms. The van der Waals surface area contributed by atoms with Gasteiger partial charge in [0.2, 0.25) is 0 Å². The molecule has 1 aliphatic rings. The molecular formula is C18H30N4O3. The molecule has 0 spiro atoms. The van der Waals surface area contributed by atoms with Crippen LogP contribution in [0.2, 0.25) is 0 Å². The molecule has 0 saturated carbocycles. The van der Waals surface area contributed by atoms with Crippen molar-refractivity contribution in [3.63, 3.8) is 0 Å². The van der Waals surface area contributed by atoms with Crippen molar-refractivity contribution in [2.24, 2.45) is 10.7 Å². The molecule has 140 valence electrons. The van der Waals surface area contributed by atoms with Crippen molar-refractivity contribution >= 4 is 5.96 Å². The fraction of sp³-hybridized carbons (Fsp3) is 0.611. The number of likely N-dealkylation sites (tertiary alicyclic amines) is 1. The van der Waals surface area contributed by atoms with E-state index in [9.17, 15) is 0 Å². The minimum absolute atomic E-state index is 0.467. The van der Waals surface area contributed by atoms with Crippen LogP contribution in [0, 0.1) is 0 Å². The van der Waals surface area contributed by atoms with Gasteiger partial charge in [0, 0.05) is 24.2 Å². The molecule has 2 rings (SSSR count). The first-order chi connectivity index (χ1) is 12.2. The Balaban J connectivity index is 1.72. The molecule has 0 aromatic heterocycles. The number of guanidine groups is 1. The van der Waals surface area contributed by atoms with Crippen LogP contribution in [-0.2, 0) is 0 Å². The van der Waals surface area contributed by atoms with E-state index in [1.54, 1.807) is 20.3 Å². The topological polar surface area (TPSA) is 81.3 Å². The second-order valence-corrected chi connectivity index (χ2v) is 5.97. The van der Waals surface area contributed by atoms with Gasteiger partial charge in [-0.1, -0.05) is 6.92 Å². The van der Waals surface area contributed by atoms with Crippen molar-refractivity contribution in [3.8, 4) is 17.2 Å². The average molecular weight is 350 g/mol. The van der Waals surface area contributed by atoms with Crippen LogP contribution < -0.4 is 25.3 Å². The van der Waals surface area contributed by atoms with Gasteiger partial charge in [0.05, 0.1) is 27.3 Å². The Bertz CT molecular complexity index is 543. The molecule has 1 atom stereocenters. The third kappa shape index (κ3) is 6.01. The van der Waals surface area contributed by atoms with Crippen molar-refractivity contribution in [2.45, 2.75) is 25.8 Å². The van der Waals surface area contributed by atoms with Crippen molar-refractivity contribution in [1.82, 2.24) is 10.2 Å². The second-order valence-electron chi connectivity index (χ2n) is 5.97. The number of methoxy groups -OCH3 is 2. The summed E-state index contributed by atoms with van der Waals surface area (Å²) in [5.74, 6) is 2.55. The minimum Gasteiger partial charge on any atom is -0.496 e. The highest BCUT2D eigenvalue weighted by molar-refractivity contribution is 5.77. The summed E-state index contributed by atoms with van der Waals surface area (Å²) in [6.07, 6.45) is 2.45. The Morgan fingerprint density at radius 1 is 1.24 bits per heavy atom. The van der Waals surface area contributed by atoms with Gasteiger partial charge in [-0.3, -0.25) is 9.89 Å². The van der Waals surface area contributed by atoms with E-state index in [1.807, 2.05) is 12.1 Å². The fourth-order valence-corrected chi connectivity index (χ4v) is 2.99. The number of benzene rings is 1. The van der Waals surface area contributed by atoms with Gasteiger partial charge in [-0.2, -0.15) is 0 Å². The molecular weight excluding hydrogens is 320 g/mol. The largest absolute Gasteiger partial charge is 0.496 e. The Morgan fingerprint density at radius 3 is 2.56 bits per heavy atom. The standard InChI is InChI=1S/C18H30N4O3/c1-4-22-8-5-6-14(22)13-21-18(19)20-7-9-25-17-11-15(23-2)10-16(12-17)24-3/h10-12,14H,4-9,13H2,1-3H3,(H3,19,20,21). The van der Waals surface area contributed by atoms with E-state index in [-0.39, 0.29) is 0 Å². The number of nitrogens with two attached hydrogens (primary N) is 1. The van der Waals surface area contributed by atoms with E-state index < -0.39 is 0 Å². The van der Waals surface area contributed by atoms with E-state index in [0.717, 1.165) is 13.1 Å². The smallest absolute Gasteiger partial charge is 0.188 e. The zero-order valence-electron chi connectivity index (χ0n) is 15.5. The molecule has 0 amide bonds. The Hall–Kier alpha value is -2.15. The van der Waals surface area contributed by atoms with Gasteiger partial charge >= 0.3 is 0 Å². The van der Waals surface area contributed by atoms with E-state index in [0.29, 0.717) is 42.4 Å². The maximum atomic E-state index is 5.93. The molecule has 1 fully saturated rings. The zero-order valence-corrected chi connectivity index (χ0v) is 15.5. The number of hydrogen-bond donors (Lipinski definition) is 2. The molecule has 0 radical (unpaired) electrons. The van der Waals surface area contributed by atoms with Crippen molar-refractivity contribution in [3.05, 3.63) is 18.2 Å². The molecule has 1 aromatic carbocycles. The number of nitrogens with one attached hydrogen (secondary N) is 1. The first-order valence-corrected chi connectivity index (χ1v) is 8.80. The maximum Gasteiger partial charge on any atom is 0.188 e. The molecule has 1 aliphatic heterocycles. The first-order valence-electron chi connectivity index (χ1n) is 8.80. The van der Waals surface area contributed by atoms with Gasteiger partial charge in [-0.15, -0.1) is 0 Å². The summed E-state index contributed by atoms with van der Waals surface area (Å²) in [6.45, 7) is 6.23. The summed E-state index contributed by atoms with van der Waals surface area (Å²) in [7, 11) is 3.22. The van der Waals surface area contributed by atoms with Crippen LogP contribution in [0.3, 0.4) is 0 Å². The average Bonchev–Trinajstić information content (AvgIpc) is 3.10. The SMILES string of the molecule is CCN1CCCC1CN=C(N)NCCOc1cc(OC)cc(OC)c1. The van der Waals surface area contributed by atoms with Crippen LogP contribution in [0.15, 0.2) is 23.2 Å². The molecule has 0 bridgehead atoms. The van der Waals surface area contributed by atoms with Crippen LogP contribution in [0.5, 0.6) is 17.2 Å². The fourth-order valence-electron chi connectivity index (χ4n) is 2.99. The predicted molar refractivity (Wildman–Crippen MR) is 99.8 cm³/mol. The molecule has 1 aromatic rings. The molecule has 3 N–H and O–H groups in total. The highest BCUT2D eigenvalue weighted by Crippen LogP contribution is 2.27. The lowest BCUT2D eigenvalue weighted by atomic mass is 10.2. The lowest BCUT2D eigenvalue weighted by Crippen LogP contribution is -2.37. The first kappa shape index (κ1) is 19.2. The van der Waals surface area contributed by atoms with Crippen LogP contribution in [0.25, 0.3) is 0 Å². The van der Waals surface area contributed by atoms with Crippen molar-refractivity contribution in [1.29, 1.82) is 0 Å². The molecule has 25 heavy (non-hydrogen) atoms. The van der Waals surface area contributed by atoms with E-state index in [1.165, 1.54) is 19.4 Å². The van der Waals surface area contributed by atoms with E-state index in [4.69, 9.17) is 19.9 Å². The lowest BCUT2D eigenvalue weighted by Gasteiger charge is -2.21. The Kier molecular flexibility index (Phi) is 7.66. The second kappa shape index (κ2) is 9.98. The number of aliphatic imine (C=N–C) groups is 1. The zero-order chi connectivity index (χ0) is 18.1. The summed E-state index contributed by atoms with van der Waals surface area (Å²) >= 11 is 0. The molecule has 1 heterocycles. The third-order valence-corrected chi connectivity index (χ3v) is 4.38. The minimum atomic E-state index is 0.467. The number of likely N-dealkylation sites (N-methyl/N-ethyl adjacent to an activating group) is 1.